The van der Waals surface area contributed by atoms with Crippen LogP contribution >= 0.6 is 0 Å². The normalized spacial score (nSPS) is 26.2. The Kier molecular flexibility index (Phi) is 4.63. The van der Waals surface area contributed by atoms with Gasteiger partial charge in [-0.15, -0.1) is 0 Å². The summed E-state index contributed by atoms with van der Waals surface area (Å²) in [5.74, 6) is 1.76. The first-order valence-electron chi connectivity index (χ1n) is 6.63. The first-order valence-corrected chi connectivity index (χ1v) is 6.63. The topological polar surface area (TPSA) is 34.4 Å². The molecule has 1 N–H and O–H groups in total. The van der Waals surface area contributed by atoms with Gasteiger partial charge in [0.05, 0.1) is 12.4 Å². The van der Waals surface area contributed by atoms with Crippen molar-refractivity contribution in [1.29, 1.82) is 0 Å². The van der Waals surface area contributed by atoms with E-state index in [0.717, 1.165) is 31.8 Å². The molecule has 1 aliphatic rings. The van der Waals surface area contributed by atoms with Crippen molar-refractivity contribution < 1.29 is 9.15 Å². The zero-order valence-corrected chi connectivity index (χ0v) is 10.8. The average molecular weight is 237 g/mol. The van der Waals surface area contributed by atoms with Gasteiger partial charge in [-0.25, -0.2) is 0 Å². The van der Waals surface area contributed by atoms with Gasteiger partial charge < -0.3 is 14.5 Å². The smallest absolute Gasteiger partial charge is 0.103 e. The van der Waals surface area contributed by atoms with E-state index in [1.54, 1.807) is 6.26 Å². The molecule has 3 nitrogen and oxygen atoms in total. The van der Waals surface area contributed by atoms with Gasteiger partial charge in [-0.2, -0.15) is 0 Å². The number of hydrogen-bond acceptors (Lipinski definition) is 3. The fourth-order valence-electron chi connectivity index (χ4n) is 2.31. The van der Waals surface area contributed by atoms with Crippen molar-refractivity contribution in [3.8, 4) is 0 Å². The zero-order valence-electron chi connectivity index (χ0n) is 10.8. The lowest BCUT2D eigenvalue weighted by Gasteiger charge is -2.18. The molecule has 1 aromatic rings. The van der Waals surface area contributed by atoms with Gasteiger partial charge >= 0.3 is 0 Å². The van der Waals surface area contributed by atoms with Crippen LogP contribution in [0.2, 0.25) is 0 Å². The highest BCUT2D eigenvalue weighted by Gasteiger charge is 2.23. The third kappa shape index (κ3) is 3.86. The standard InChI is InChI=1S/C14H23NO2/c1-11(5-6-14-4-3-8-17-14)15-10-13-7-9-16-12(13)2/h3-4,8,11-13,15H,5-7,9-10H2,1-2H3. The molecular formula is C14H23NO2. The van der Waals surface area contributed by atoms with Crippen molar-refractivity contribution in [3.63, 3.8) is 0 Å². The van der Waals surface area contributed by atoms with E-state index in [2.05, 4.69) is 19.2 Å². The number of nitrogens with one attached hydrogen (secondary N) is 1. The van der Waals surface area contributed by atoms with E-state index in [9.17, 15) is 0 Å². The van der Waals surface area contributed by atoms with Crippen molar-refractivity contribution in [2.45, 2.75) is 45.3 Å². The summed E-state index contributed by atoms with van der Waals surface area (Å²) in [5.41, 5.74) is 0. The highest BCUT2D eigenvalue weighted by molar-refractivity contribution is 4.98. The highest BCUT2D eigenvalue weighted by atomic mass is 16.5. The van der Waals surface area contributed by atoms with E-state index >= 15 is 0 Å². The second-order valence-corrected chi connectivity index (χ2v) is 5.05. The molecular weight excluding hydrogens is 214 g/mol. The molecule has 0 aliphatic carbocycles. The summed E-state index contributed by atoms with van der Waals surface area (Å²) in [7, 11) is 0. The molecule has 1 aliphatic heterocycles. The van der Waals surface area contributed by atoms with Crippen LogP contribution < -0.4 is 5.32 Å². The van der Waals surface area contributed by atoms with Crippen LogP contribution in [0, 0.1) is 5.92 Å². The molecule has 0 aromatic carbocycles. The Balaban J connectivity index is 1.62. The minimum atomic E-state index is 0.416. The molecule has 0 spiro atoms. The third-order valence-electron chi connectivity index (χ3n) is 3.67. The molecule has 1 fully saturated rings. The van der Waals surface area contributed by atoms with Gasteiger partial charge in [0.25, 0.3) is 0 Å². The van der Waals surface area contributed by atoms with Gasteiger partial charge in [0, 0.05) is 25.6 Å². The van der Waals surface area contributed by atoms with Crippen LogP contribution in [0.25, 0.3) is 0 Å². The van der Waals surface area contributed by atoms with Crippen LogP contribution in [0.15, 0.2) is 22.8 Å². The predicted octanol–water partition coefficient (Wildman–Crippen LogP) is 2.62. The van der Waals surface area contributed by atoms with Crippen molar-refractivity contribution >= 4 is 0 Å². The Morgan fingerprint density at radius 1 is 1.53 bits per heavy atom. The quantitative estimate of drug-likeness (QED) is 0.826. The molecule has 3 atom stereocenters. The molecule has 0 saturated carbocycles. The third-order valence-corrected chi connectivity index (χ3v) is 3.67. The molecule has 96 valence electrons. The van der Waals surface area contributed by atoms with Gasteiger partial charge in [0.2, 0.25) is 0 Å². The minimum Gasteiger partial charge on any atom is -0.469 e. The first-order chi connectivity index (χ1) is 8.25. The van der Waals surface area contributed by atoms with Crippen LogP contribution in [0.1, 0.15) is 32.4 Å². The van der Waals surface area contributed by atoms with E-state index in [1.807, 2.05) is 12.1 Å². The predicted molar refractivity (Wildman–Crippen MR) is 68.0 cm³/mol. The van der Waals surface area contributed by atoms with Gasteiger partial charge in [-0.05, 0) is 44.7 Å². The Morgan fingerprint density at radius 3 is 3.06 bits per heavy atom. The maximum absolute atomic E-state index is 5.56. The Labute approximate surface area is 104 Å². The summed E-state index contributed by atoms with van der Waals surface area (Å²) in [6.07, 6.45) is 5.48. The van der Waals surface area contributed by atoms with Crippen LogP contribution in [0.3, 0.4) is 0 Å². The summed E-state index contributed by atoms with van der Waals surface area (Å²) in [6, 6.07) is 4.53. The highest BCUT2D eigenvalue weighted by Crippen LogP contribution is 2.19. The molecule has 2 rings (SSSR count). The average Bonchev–Trinajstić information content (AvgIpc) is 2.95. The molecule has 0 bridgehead atoms. The lowest BCUT2D eigenvalue weighted by molar-refractivity contribution is 0.105. The number of furan rings is 1. The van der Waals surface area contributed by atoms with E-state index in [-0.39, 0.29) is 0 Å². The second kappa shape index (κ2) is 6.22. The summed E-state index contributed by atoms with van der Waals surface area (Å²) < 4.78 is 10.9. The Hall–Kier alpha value is -0.800. The van der Waals surface area contributed by atoms with Crippen molar-refractivity contribution in [1.82, 2.24) is 5.32 Å². The maximum atomic E-state index is 5.56. The first kappa shape index (κ1) is 12.7. The van der Waals surface area contributed by atoms with Gasteiger partial charge in [-0.3, -0.25) is 0 Å². The molecule has 1 saturated heterocycles. The van der Waals surface area contributed by atoms with Gasteiger partial charge in [0.15, 0.2) is 0 Å². The zero-order chi connectivity index (χ0) is 12.1. The van der Waals surface area contributed by atoms with Crippen molar-refractivity contribution in [3.05, 3.63) is 24.2 Å². The van der Waals surface area contributed by atoms with Crippen LogP contribution in [-0.4, -0.2) is 25.3 Å². The lowest BCUT2D eigenvalue weighted by atomic mass is 10.0. The lowest BCUT2D eigenvalue weighted by Crippen LogP contribution is -2.33. The van der Waals surface area contributed by atoms with E-state index in [0.29, 0.717) is 18.1 Å². The van der Waals surface area contributed by atoms with Crippen LogP contribution in [0.5, 0.6) is 0 Å². The SMILES string of the molecule is CC(CCc1ccco1)NCC1CCOC1C. The number of aryl methyl sites for hydroxylation is 1. The molecule has 3 unspecified atom stereocenters. The second-order valence-electron chi connectivity index (χ2n) is 5.05. The molecule has 0 amide bonds. The number of rotatable bonds is 6. The maximum Gasteiger partial charge on any atom is 0.103 e. The summed E-state index contributed by atoms with van der Waals surface area (Å²) in [6.45, 7) is 6.41. The van der Waals surface area contributed by atoms with Gasteiger partial charge in [-0.1, -0.05) is 0 Å². The molecule has 0 radical (unpaired) electrons. The summed E-state index contributed by atoms with van der Waals surface area (Å²) in [4.78, 5) is 0. The molecule has 1 aromatic heterocycles. The monoisotopic (exact) mass is 237 g/mol. The van der Waals surface area contributed by atoms with Crippen molar-refractivity contribution in [2.24, 2.45) is 5.92 Å². The van der Waals surface area contributed by atoms with Crippen LogP contribution in [0.4, 0.5) is 0 Å². The van der Waals surface area contributed by atoms with E-state index < -0.39 is 0 Å². The largest absolute Gasteiger partial charge is 0.469 e. The van der Waals surface area contributed by atoms with Gasteiger partial charge in [0.1, 0.15) is 5.76 Å². The number of hydrogen-bond donors (Lipinski definition) is 1. The minimum absolute atomic E-state index is 0.416. The fraction of sp³-hybridized carbons (Fsp3) is 0.714. The Bertz CT molecular complexity index is 310. The fourth-order valence-corrected chi connectivity index (χ4v) is 2.31. The van der Waals surface area contributed by atoms with Crippen molar-refractivity contribution in [2.75, 3.05) is 13.2 Å². The Morgan fingerprint density at radius 2 is 2.41 bits per heavy atom. The molecule has 3 heteroatoms. The van der Waals surface area contributed by atoms with Crippen LogP contribution in [-0.2, 0) is 11.2 Å². The van der Waals surface area contributed by atoms with E-state index in [1.165, 1.54) is 6.42 Å². The van der Waals surface area contributed by atoms with E-state index in [4.69, 9.17) is 9.15 Å². The summed E-state index contributed by atoms with van der Waals surface area (Å²) in [5, 5.41) is 3.60. The summed E-state index contributed by atoms with van der Waals surface area (Å²) >= 11 is 0. The number of ether oxygens (including phenoxy) is 1. The molecule has 17 heavy (non-hydrogen) atoms. The molecule has 2 heterocycles.